The summed E-state index contributed by atoms with van der Waals surface area (Å²) in [5.41, 5.74) is 0.838. The highest BCUT2D eigenvalue weighted by molar-refractivity contribution is 9.10. The predicted molar refractivity (Wildman–Crippen MR) is 115 cm³/mol. The highest BCUT2D eigenvalue weighted by atomic mass is 79.9. The van der Waals surface area contributed by atoms with Crippen LogP contribution in [0.3, 0.4) is 0 Å². The summed E-state index contributed by atoms with van der Waals surface area (Å²) >= 11 is 3.23. The number of hydrogen-bond donors (Lipinski definition) is 1. The highest BCUT2D eigenvalue weighted by Gasteiger charge is 2.34. The number of anilines is 2. The topological polar surface area (TPSA) is 114 Å². The number of sulfonamides is 1. The molecule has 30 heavy (non-hydrogen) atoms. The molecule has 2 aromatic rings. The molecule has 0 bridgehead atoms. The lowest BCUT2D eigenvalue weighted by atomic mass is 10.1. The molecule has 0 spiro atoms. The number of nitrogens with zero attached hydrogens (tertiary/aromatic N) is 2. The van der Waals surface area contributed by atoms with Gasteiger partial charge in [-0.1, -0.05) is 28.1 Å². The average molecular weight is 496 g/mol. The van der Waals surface area contributed by atoms with Gasteiger partial charge >= 0.3 is 5.97 Å². The SMILES string of the molecule is COC(=O)c1ccc(OC)c(NC(=O)C(Br)C2=NS(=O)(=O)c3ccccc3N2C)c1. The summed E-state index contributed by atoms with van der Waals surface area (Å²) in [5, 5.41) is 2.63. The normalized spacial score (nSPS) is 15.5. The minimum absolute atomic E-state index is 0.00529. The summed E-state index contributed by atoms with van der Waals surface area (Å²) in [4.78, 5) is 25.1. The van der Waals surface area contributed by atoms with Crippen molar-refractivity contribution in [3.8, 4) is 5.75 Å². The summed E-state index contributed by atoms with van der Waals surface area (Å²) in [6, 6.07) is 10.8. The van der Waals surface area contributed by atoms with E-state index in [0.29, 0.717) is 11.4 Å². The molecule has 11 heteroatoms. The van der Waals surface area contributed by atoms with Crippen LogP contribution in [0.4, 0.5) is 11.4 Å². The number of para-hydroxylation sites is 1. The fraction of sp³-hybridized carbons (Fsp3) is 0.211. The molecule has 1 N–H and O–H groups in total. The molecule has 1 amide bonds. The summed E-state index contributed by atoms with van der Waals surface area (Å²) in [6.07, 6.45) is 0. The predicted octanol–water partition coefficient (Wildman–Crippen LogP) is 2.42. The number of amides is 1. The van der Waals surface area contributed by atoms with E-state index >= 15 is 0 Å². The van der Waals surface area contributed by atoms with Crippen molar-refractivity contribution in [2.45, 2.75) is 9.72 Å². The van der Waals surface area contributed by atoms with Crippen LogP contribution in [0, 0.1) is 0 Å². The third kappa shape index (κ3) is 4.03. The van der Waals surface area contributed by atoms with E-state index in [2.05, 4.69) is 30.4 Å². The minimum Gasteiger partial charge on any atom is -0.495 e. The molecule has 0 saturated carbocycles. The number of hydrogen-bond acceptors (Lipinski definition) is 7. The third-order valence-corrected chi connectivity index (χ3v) is 6.55. The standard InChI is InChI=1S/C19H18BrN3O6S/c1-23-13-6-4-5-7-15(13)30(26,27)22-17(23)16(20)18(24)21-12-10-11(19(25)29-3)8-9-14(12)28-2/h4-10,16H,1-3H3,(H,21,24). The number of fused-ring (bicyclic) bond motifs is 1. The van der Waals surface area contributed by atoms with Crippen LogP contribution >= 0.6 is 15.9 Å². The molecular weight excluding hydrogens is 478 g/mol. The second kappa shape index (κ2) is 8.44. The van der Waals surface area contributed by atoms with Crippen molar-refractivity contribution < 1.29 is 27.5 Å². The van der Waals surface area contributed by atoms with Crippen LogP contribution in [0.5, 0.6) is 5.75 Å². The van der Waals surface area contributed by atoms with Crippen LogP contribution in [0.15, 0.2) is 51.8 Å². The Morgan fingerprint density at radius 3 is 2.53 bits per heavy atom. The molecule has 0 fully saturated rings. The number of benzene rings is 2. The molecule has 0 radical (unpaired) electrons. The van der Waals surface area contributed by atoms with Gasteiger partial charge in [0.25, 0.3) is 10.0 Å². The van der Waals surface area contributed by atoms with Crippen molar-refractivity contribution in [2.24, 2.45) is 4.40 Å². The third-order valence-electron chi connectivity index (χ3n) is 4.40. The minimum atomic E-state index is -3.96. The summed E-state index contributed by atoms with van der Waals surface area (Å²) in [7, 11) is 0.316. The first-order valence-electron chi connectivity index (χ1n) is 8.58. The van der Waals surface area contributed by atoms with Gasteiger partial charge in [-0.2, -0.15) is 8.42 Å². The lowest BCUT2D eigenvalue weighted by Crippen LogP contribution is -2.43. The van der Waals surface area contributed by atoms with Gasteiger partial charge in [0, 0.05) is 7.05 Å². The van der Waals surface area contributed by atoms with E-state index in [-0.39, 0.29) is 22.0 Å². The van der Waals surface area contributed by atoms with Crippen LogP contribution < -0.4 is 15.0 Å². The van der Waals surface area contributed by atoms with Crippen LogP contribution in [0.2, 0.25) is 0 Å². The Morgan fingerprint density at radius 2 is 1.87 bits per heavy atom. The van der Waals surface area contributed by atoms with Crippen LogP contribution in [-0.4, -0.2) is 52.2 Å². The van der Waals surface area contributed by atoms with E-state index in [1.54, 1.807) is 25.2 Å². The van der Waals surface area contributed by atoms with Gasteiger partial charge in [-0.25, -0.2) is 4.79 Å². The Hall–Kier alpha value is -2.92. The fourth-order valence-electron chi connectivity index (χ4n) is 2.89. The van der Waals surface area contributed by atoms with Gasteiger partial charge in [0.2, 0.25) is 5.91 Å². The monoisotopic (exact) mass is 495 g/mol. The number of rotatable bonds is 5. The Bertz CT molecular complexity index is 1150. The molecule has 0 aromatic heterocycles. The first-order valence-corrected chi connectivity index (χ1v) is 10.9. The van der Waals surface area contributed by atoms with Crippen molar-refractivity contribution >= 4 is 55.0 Å². The number of methoxy groups -OCH3 is 2. The molecule has 1 aliphatic heterocycles. The molecule has 1 aliphatic rings. The van der Waals surface area contributed by atoms with Gasteiger partial charge in [0.1, 0.15) is 16.5 Å². The Morgan fingerprint density at radius 1 is 1.17 bits per heavy atom. The Labute approximate surface area is 181 Å². The van der Waals surface area contributed by atoms with Crippen molar-refractivity contribution in [3.05, 3.63) is 48.0 Å². The van der Waals surface area contributed by atoms with E-state index < -0.39 is 26.7 Å². The molecule has 3 rings (SSSR count). The zero-order valence-electron chi connectivity index (χ0n) is 16.2. The van der Waals surface area contributed by atoms with Gasteiger partial charge in [0.05, 0.1) is 31.2 Å². The van der Waals surface area contributed by atoms with Crippen LogP contribution in [-0.2, 0) is 19.6 Å². The summed E-state index contributed by atoms with van der Waals surface area (Å²) < 4.78 is 38.8. The highest BCUT2D eigenvalue weighted by Crippen LogP contribution is 2.33. The number of nitrogens with one attached hydrogen (secondary N) is 1. The maximum Gasteiger partial charge on any atom is 0.337 e. The number of carbonyl (C=O) groups excluding carboxylic acids is 2. The zero-order chi connectivity index (χ0) is 22.1. The van der Waals surface area contributed by atoms with Crippen LogP contribution in [0.25, 0.3) is 0 Å². The molecular formula is C19H18BrN3O6S. The summed E-state index contributed by atoms with van der Waals surface area (Å²) in [6.45, 7) is 0. The van der Waals surface area contributed by atoms with E-state index in [1.165, 1.54) is 43.4 Å². The van der Waals surface area contributed by atoms with Gasteiger partial charge in [0.15, 0.2) is 4.83 Å². The lowest BCUT2D eigenvalue weighted by molar-refractivity contribution is -0.114. The quantitative estimate of drug-likeness (QED) is 0.500. The van der Waals surface area contributed by atoms with Crippen molar-refractivity contribution in [2.75, 3.05) is 31.5 Å². The Kier molecular flexibility index (Phi) is 6.13. The molecule has 1 unspecified atom stereocenters. The average Bonchev–Trinajstić information content (AvgIpc) is 2.75. The number of halogens is 1. The van der Waals surface area contributed by atoms with E-state index in [1.807, 2.05) is 0 Å². The second-order valence-corrected chi connectivity index (χ2v) is 8.70. The number of esters is 1. The molecule has 0 saturated heterocycles. The summed E-state index contributed by atoms with van der Waals surface area (Å²) in [5.74, 6) is -0.875. The second-order valence-electron chi connectivity index (χ2n) is 6.21. The molecule has 2 aromatic carbocycles. The first-order chi connectivity index (χ1) is 14.2. The number of ether oxygens (including phenoxy) is 2. The largest absolute Gasteiger partial charge is 0.495 e. The lowest BCUT2D eigenvalue weighted by Gasteiger charge is -2.29. The molecule has 158 valence electrons. The molecule has 1 heterocycles. The number of alkyl halides is 1. The van der Waals surface area contributed by atoms with Crippen molar-refractivity contribution in [3.63, 3.8) is 0 Å². The Balaban J connectivity index is 1.92. The first kappa shape index (κ1) is 21.8. The number of amidine groups is 1. The van der Waals surface area contributed by atoms with E-state index in [9.17, 15) is 18.0 Å². The molecule has 1 atom stereocenters. The number of carbonyl (C=O) groups is 2. The molecule has 0 aliphatic carbocycles. The van der Waals surface area contributed by atoms with Crippen LogP contribution in [0.1, 0.15) is 10.4 Å². The molecule has 9 nitrogen and oxygen atoms in total. The van der Waals surface area contributed by atoms with E-state index in [0.717, 1.165) is 0 Å². The van der Waals surface area contributed by atoms with Crippen molar-refractivity contribution in [1.29, 1.82) is 0 Å². The smallest absolute Gasteiger partial charge is 0.337 e. The van der Waals surface area contributed by atoms with Gasteiger partial charge in [-0.15, -0.1) is 4.40 Å². The maximum absolute atomic E-state index is 12.9. The maximum atomic E-state index is 12.9. The van der Waals surface area contributed by atoms with Crippen molar-refractivity contribution in [1.82, 2.24) is 0 Å². The van der Waals surface area contributed by atoms with E-state index in [4.69, 9.17) is 4.74 Å². The van der Waals surface area contributed by atoms with Gasteiger partial charge in [-0.05, 0) is 30.3 Å². The van der Waals surface area contributed by atoms with Gasteiger partial charge in [-0.3, -0.25) is 4.79 Å². The fourth-order valence-corrected chi connectivity index (χ4v) is 4.84. The zero-order valence-corrected chi connectivity index (χ0v) is 18.7. The van der Waals surface area contributed by atoms with Gasteiger partial charge < -0.3 is 19.7 Å².